The van der Waals surface area contributed by atoms with Crippen LogP contribution in [0.25, 0.3) is 0 Å². The van der Waals surface area contributed by atoms with Crippen LogP contribution in [-0.2, 0) is 4.74 Å². The molecule has 0 amide bonds. The van der Waals surface area contributed by atoms with Gasteiger partial charge in [0, 0.05) is 26.1 Å². The molecule has 1 aliphatic carbocycles. The van der Waals surface area contributed by atoms with Crippen LogP contribution in [0.4, 0.5) is 0 Å². The standard InChI is InChI=1S/C10H14O3/c11-5-2-8-1-3-10(4-6-12)9(7-8)13-10/h1,7,11-12H,2-6H2. The zero-order valence-corrected chi connectivity index (χ0v) is 7.49. The van der Waals surface area contributed by atoms with E-state index in [0.29, 0.717) is 12.8 Å². The van der Waals surface area contributed by atoms with Gasteiger partial charge in [-0.1, -0.05) is 6.08 Å². The lowest BCUT2D eigenvalue weighted by atomic mass is 9.93. The SMILES string of the molecule is OCCC1=CCC2(CCO)OC2=C1. The molecular formula is C10H14O3. The highest BCUT2D eigenvalue weighted by atomic mass is 16.6. The molecule has 1 fully saturated rings. The summed E-state index contributed by atoms with van der Waals surface area (Å²) in [5.74, 6) is 0.979. The molecule has 72 valence electrons. The van der Waals surface area contributed by atoms with E-state index >= 15 is 0 Å². The molecule has 2 aliphatic rings. The number of ether oxygens (including phenoxy) is 1. The van der Waals surface area contributed by atoms with Crippen molar-refractivity contribution in [3.8, 4) is 0 Å². The van der Waals surface area contributed by atoms with Crippen molar-refractivity contribution in [3.05, 3.63) is 23.5 Å². The van der Waals surface area contributed by atoms with Crippen molar-refractivity contribution >= 4 is 0 Å². The third kappa shape index (κ3) is 1.49. The summed E-state index contributed by atoms with van der Waals surface area (Å²) >= 11 is 0. The minimum atomic E-state index is -0.173. The number of epoxide rings is 1. The Balaban J connectivity index is 1.99. The van der Waals surface area contributed by atoms with E-state index in [-0.39, 0.29) is 18.8 Å². The van der Waals surface area contributed by atoms with E-state index in [1.807, 2.05) is 6.08 Å². The van der Waals surface area contributed by atoms with Crippen molar-refractivity contribution in [1.82, 2.24) is 0 Å². The van der Waals surface area contributed by atoms with Gasteiger partial charge in [0.25, 0.3) is 0 Å². The first-order chi connectivity index (χ1) is 6.30. The first-order valence-corrected chi connectivity index (χ1v) is 4.63. The van der Waals surface area contributed by atoms with E-state index in [2.05, 4.69) is 6.08 Å². The van der Waals surface area contributed by atoms with E-state index in [0.717, 1.165) is 17.8 Å². The number of rotatable bonds is 4. The molecule has 2 rings (SSSR count). The van der Waals surface area contributed by atoms with Crippen molar-refractivity contribution in [3.63, 3.8) is 0 Å². The maximum atomic E-state index is 8.81. The normalized spacial score (nSPS) is 30.0. The second-order valence-electron chi connectivity index (χ2n) is 3.54. The van der Waals surface area contributed by atoms with E-state index in [4.69, 9.17) is 14.9 Å². The summed E-state index contributed by atoms with van der Waals surface area (Å²) in [6.07, 6.45) is 6.29. The quantitative estimate of drug-likeness (QED) is 0.630. The second kappa shape index (κ2) is 3.16. The summed E-state index contributed by atoms with van der Waals surface area (Å²) in [7, 11) is 0. The highest BCUT2D eigenvalue weighted by Gasteiger charge is 2.52. The van der Waals surface area contributed by atoms with Crippen molar-refractivity contribution in [2.24, 2.45) is 0 Å². The smallest absolute Gasteiger partial charge is 0.171 e. The number of allylic oxidation sites excluding steroid dienone is 1. The van der Waals surface area contributed by atoms with E-state index < -0.39 is 0 Å². The summed E-state index contributed by atoms with van der Waals surface area (Å²) in [6, 6.07) is 0. The monoisotopic (exact) mass is 182 g/mol. The van der Waals surface area contributed by atoms with Gasteiger partial charge in [0.15, 0.2) is 5.60 Å². The summed E-state index contributed by atoms with van der Waals surface area (Å²) in [4.78, 5) is 0. The molecule has 0 radical (unpaired) electrons. The molecule has 0 spiro atoms. The lowest BCUT2D eigenvalue weighted by molar-refractivity contribution is 0.215. The number of aliphatic hydroxyl groups is 2. The average molecular weight is 182 g/mol. The largest absolute Gasteiger partial charge is 0.479 e. The Hall–Kier alpha value is -0.800. The maximum absolute atomic E-state index is 8.81. The van der Waals surface area contributed by atoms with Crippen molar-refractivity contribution in [1.29, 1.82) is 0 Å². The Morgan fingerprint density at radius 3 is 2.85 bits per heavy atom. The Bertz CT molecular complexity index is 267. The fourth-order valence-electron chi connectivity index (χ4n) is 1.77. The van der Waals surface area contributed by atoms with Crippen LogP contribution in [0.5, 0.6) is 0 Å². The van der Waals surface area contributed by atoms with E-state index in [1.54, 1.807) is 0 Å². The van der Waals surface area contributed by atoms with Gasteiger partial charge in [0.1, 0.15) is 5.76 Å². The molecule has 13 heavy (non-hydrogen) atoms. The van der Waals surface area contributed by atoms with Crippen LogP contribution in [0.15, 0.2) is 23.5 Å². The predicted octanol–water partition coefficient (Wildman–Crippen LogP) is 0.734. The van der Waals surface area contributed by atoms with Crippen LogP contribution in [0.2, 0.25) is 0 Å². The summed E-state index contributed by atoms with van der Waals surface area (Å²) < 4.78 is 5.45. The van der Waals surface area contributed by atoms with Crippen LogP contribution in [0, 0.1) is 0 Å². The zero-order valence-electron chi connectivity index (χ0n) is 7.49. The Labute approximate surface area is 77.3 Å². The van der Waals surface area contributed by atoms with Crippen LogP contribution in [-0.4, -0.2) is 29.0 Å². The fourth-order valence-corrected chi connectivity index (χ4v) is 1.77. The van der Waals surface area contributed by atoms with Gasteiger partial charge in [-0.2, -0.15) is 0 Å². The summed E-state index contributed by atoms with van der Waals surface area (Å²) in [5, 5.41) is 17.5. The van der Waals surface area contributed by atoms with E-state index in [1.165, 1.54) is 0 Å². The Kier molecular flexibility index (Phi) is 2.14. The molecule has 1 aliphatic heterocycles. The Morgan fingerprint density at radius 1 is 1.38 bits per heavy atom. The lowest BCUT2D eigenvalue weighted by Gasteiger charge is -2.09. The first-order valence-electron chi connectivity index (χ1n) is 4.63. The zero-order chi connectivity index (χ0) is 9.31. The number of fused-ring (bicyclic) bond motifs is 1. The molecule has 1 atom stereocenters. The fraction of sp³-hybridized carbons (Fsp3) is 0.600. The molecule has 0 aromatic rings. The van der Waals surface area contributed by atoms with Gasteiger partial charge in [0.05, 0.1) is 0 Å². The van der Waals surface area contributed by atoms with Crippen LogP contribution >= 0.6 is 0 Å². The predicted molar refractivity (Wildman–Crippen MR) is 48.0 cm³/mol. The number of aliphatic hydroxyl groups excluding tert-OH is 2. The van der Waals surface area contributed by atoms with Gasteiger partial charge in [-0.15, -0.1) is 0 Å². The van der Waals surface area contributed by atoms with Gasteiger partial charge in [0.2, 0.25) is 0 Å². The van der Waals surface area contributed by atoms with Crippen molar-refractivity contribution < 1.29 is 14.9 Å². The highest BCUT2D eigenvalue weighted by Crippen LogP contribution is 2.50. The third-order valence-corrected chi connectivity index (χ3v) is 2.64. The topological polar surface area (TPSA) is 53.0 Å². The molecule has 3 heteroatoms. The van der Waals surface area contributed by atoms with Crippen molar-refractivity contribution in [2.45, 2.75) is 24.9 Å². The van der Waals surface area contributed by atoms with E-state index in [9.17, 15) is 0 Å². The van der Waals surface area contributed by atoms with Gasteiger partial charge in [-0.05, 0) is 18.1 Å². The highest BCUT2D eigenvalue weighted by molar-refractivity contribution is 5.39. The first kappa shape index (κ1) is 8.78. The van der Waals surface area contributed by atoms with Gasteiger partial charge in [-0.25, -0.2) is 0 Å². The molecule has 3 nitrogen and oxygen atoms in total. The average Bonchev–Trinajstić information content (AvgIpc) is 2.79. The molecule has 2 N–H and O–H groups in total. The molecule has 1 saturated heterocycles. The van der Waals surface area contributed by atoms with Crippen LogP contribution in [0.3, 0.4) is 0 Å². The number of hydrogen-bond acceptors (Lipinski definition) is 3. The molecule has 1 heterocycles. The molecule has 0 aromatic carbocycles. The van der Waals surface area contributed by atoms with Gasteiger partial charge < -0.3 is 14.9 Å². The van der Waals surface area contributed by atoms with Crippen LogP contribution in [0.1, 0.15) is 19.3 Å². The van der Waals surface area contributed by atoms with Crippen molar-refractivity contribution in [2.75, 3.05) is 13.2 Å². The maximum Gasteiger partial charge on any atom is 0.171 e. The number of hydrogen-bond donors (Lipinski definition) is 2. The summed E-state index contributed by atoms with van der Waals surface area (Å²) in [6.45, 7) is 0.350. The second-order valence-corrected chi connectivity index (χ2v) is 3.54. The van der Waals surface area contributed by atoms with Gasteiger partial charge in [-0.3, -0.25) is 0 Å². The molecule has 0 aromatic heterocycles. The van der Waals surface area contributed by atoms with Gasteiger partial charge >= 0.3 is 0 Å². The Morgan fingerprint density at radius 2 is 2.23 bits per heavy atom. The molecule has 0 bridgehead atoms. The molecule has 1 unspecified atom stereocenters. The van der Waals surface area contributed by atoms with Crippen LogP contribution < -0.4 is 0 Å². The lowest BCUT2D eigenvalue weighted by Crippen LogP contribution is -2.13. The molecular weight excluding hydrogens is 168 g/mol. The summed E-state index contributed by atoms with van der Waals surface area (Å²) in [5.41, 5.74) is 0.969. The minimum absolute atomic E-state index is 0.167. The third-order valence-electron chi connectivity index (χ3n) is 2.64. The molecule has 0 saturated carbocycles. The minimum Gasteiger partial charge on any atom is -0.479 e.